The number of aromatic nitrogens is 3. The molecule has 0 aliphatic carbocycles. The molecule has 0 aliphatic rings. The molecule has 7 nitrogen and oxygen atoms in total. The van der Waals surface area contributed by atoms with Crippen LogP contribution in [0.2, 0.25) is 0 Å². The fourth-order valence-electron chi connectivity index (χ4n) is 3.87. The van der Waals surface area contributed by atoms with Crippen LogP contribution in [0.5, 0.6) is 5.75 Å². The Hall–Kier alpha value is -3.82. The number of carbonyl (C=O) groups excluding carboxylic acids is 1. The summed E-state index contributed by atoms with van der Waals surface area (Å²) in [5, 5.41) is 17.6. The van der Waals surface area contributed by atoms with Gasteiger partial charge in [-0.3, -0.25) is 10.1 Å². The SMILES string of the molecule is COc1ccc(Br)cc1C(=O)NC(=S)Nc1cc2nn(-c3cccc4ccccc34)nc2cc1C. The molecule has 35 heavy (non-hydrogen) atoms. The van der Waals surface area contributed by atoms with Gasteiger partial charge in [0.15, 0.2) is 5.11 Å². The smallest absolute Gasteiger partial charge is 0.261 e. The van der Waals surface area contributed by atoms with Gasteiger partial charge in [0.2, 0.25) is 0 Å². The van der Waals surface area contributed by atoms with E-state index in [-0.39, 0.29) is 11.0 Å². The van der Waals surface area contributed by atoms with Crippen LogP contribution in [-0.4, -0.2) is 33.1 Å². The van der Waals surface area contributed by atoms with Gasteiger partial charge >= 0.3 is 0 Å². The molecular formula is C26H20BrN5O2S. The van der Waals surface area contributed by atoms with Crippen molar-refractivity contribution in [1.82, 2.24) is 20.3 Å². The van der Waals surface area contributed by atoms with Gasteiger partial charge in [0.05, 0.1) is 18.4 Å². The van der Waals surface area contributed by atoms with E-state index in [0.717, 1.165) is 37.7 Å². The molecule has 0 spiro atoms. The zero-order valence-electron chi connectivity index (χ0n) is 18.9. The van der Waals surface area contributed by atoms with E-state index in [2.05, 4.69) is 49.9 Å². The maximum atomic E-state index is 12.8. The molecule has 9 heteroatoms. The van der Waals surface area contributed by atoms with Gasteiger partial charge in [0.1, 0.15) is 16.8 Å². The Morgan fingerprint density at radius 1 is 1.00 bits per heavy atom. The monoisotopic (exact) mass is 545 g/mol. The molecule has 0 aliphatic heterocycles. The Morgan fingerprint density at radius 2 is 1.74 bits per heavy atom. The molecule has 5 aromatic rings. The fourth-order valence-corrected chi connectivity index (χ4v) is 4.44. The lowest BCUT2D eigenvalue weighted by Crippen LogP contribution is -2.34. The number of aryl methyl sites for hydroxylation is 1. The van der Waals surface area contributed by atoms with Crippen LogP contribution in [0.25, 0.3) is 27.5 Å². The number of hydrogen-bond donors (Lipinski definition) is 2. The molecule has 1 heterocycles. The van der Waals surface area contributed by atoms with E-state index >= 15 is 0 Å². The van der Waals surface area contributed by atoms with Gasteiger partial charge in [0, 0.05) is 15.5 Å². The molecular weight excluding hydrogens is 526 g/mol. The summed E-state index contributed by atoms with van der Waals surface area (Å²) in [5.74, 6) is 0.0810. The average Bonchev–Trinajstić information content (AvgIpc) is 3.26. The van der Waals surface area contributed by atoms with Gasteiger partial charge in [-0.1, -0.05) is 52.3 Å². The molecule has 0 fully saturated rings. The minimum Gasteiger partial charge on any atom is -0.496 e. The highest BCUT2D eigenvalue weighted by atomic mass is 79.9. The highest BCUT2D eigenvalue weighted by Crippen LogP contribution is 2.26. The average molecular weight is 546 g/mol. The van der Waals surface area contributed by atoms with Gasteiger partial charge in [-0.25, -0.2) is 0 Å². The Balaban J connectivity index is 1.40. The summed E-state index contributed by atoms with van der Waals surface area (Å²) in [7, 11) is 1.51. The fraction of sp³-hybridized carbons (Fsp3) is 0.0769. The second-order valence-electron chi connectivity index (χ2n) is 7.90. The van der Waals surface area contributed by atoms with Crippen molar-refractivity contribution >= 4 is 66.7 Å². The number of amides is 1. The Labute approximate surface area is 215 Å². The number of methoxy groups -OCH3 is 1. The van der Waals surface area contributed by atoms with E-state index in [1.165, 1.54) is 7.11 Å². The second kappa shape index (κ2) is 9.44. The number of anilines is 1. The Bertz CT molecular complexity index is 1610. The minimum absolute atomic E-state index is 0.168. The van der Waals surface area contributed by atoms with Crippen LogP contribution < -0.4 is 15.4 Å². The van der Waals surface area contributed by atoms with E-state index < -0.39 is 0 Å². The molecule has 2 N–H and O–H groups in total. The number of halogens is 1. The van der Waals surface area contributed by atoms with Gasteiger partial charge in [-0.15, -0.1) is 15.0 Å². The molecule has 0 atom stereocenters. The molecule has 0 bridgehead atoms. The third-order valence-corrected chi connectivity index (χ3v) is 6.29. The number of hydrogen-bond acceptors (Lipinski definition) is 5. The summed E-state index contributed by atoms with van der Waals surface area (Å²) in [6.07, 6.45) is 0. The van der Waals surface area contributed by atoms with E-state index in [0.29, 0.717) is 16.8 Å². The van der Waals surface area contributed by atoms with Gasteiger partial charge in [-0.05, 0) is 66.5 Å². The lowest BCUT2D eigenvalue weighted by molar-refractivity contribution is 0.0974. The van der Waals surface area contributed by atoms with Crippen molar-refractivity contribution in [3.8, 4) is 11.4 Å². The second-order valence-corrected chi connectivity index (χ2v) is 9.22. The number of nitrogens with zero attached hydrogens (tertiary/aromatic N) is 3. The normalized spacial score (nSPS) is 10.9. The summed E-state index contributed by atoms with van der Waals surface area (Å²) >= 11 is 8.78. The largest absolute Gasteiger partial charge is 0.496 e. The van der Waals surface area contributed by atoms with E-state index in [4.69, 9.17) is 22.1 Å². The maximum Gasteiger partial charge on any atom is 0.261 e. The van der Waals surface area contributed by atoms with Crippen LogP contribution in [-0.2, 0) is 0 Å². The highest BCUT2D eigenvalue weighted by Gasteiger charge is 2.16. The first-order valence-electron chi connectivity index (χ1n) is 10.7. The van der Waals surface area contributed by atoms with Crippen LogP contribution >= 0.6 is 28.1 Å². The number of carbonyl (C=O) groups is 1. The van der Waals surface area contributed by atoms with Crippen LogP contribution in [0.1, 0.15) is 15.9 Å². The van der Waals surface area contributed by atoms with Crippen molar-refractivity contribution in [2.24, 2.45) is 0 Å². The van der Waals surface area contributed by atoms with E-state index in [1.807, 2.05) is 43.3 Å². The number of thiocarbonyl (C=S) groups is 1. The van der Waals surface area contributed by atoms with Crippen molar-refractivity contribution < 1.29 is 9.53 Å². The van der Waals surface area contributed by atoms with E-state index in [1.54, 1.807) is 23.0 Å². The Kier molecular flexibility index (Phi) is 6.19. The summed E-state index contributed by atoms with van der Waals surface area (Å²) in [6.45, 7) is 1.94. The summed E-state index contributed by atoms with van der Waals surface area (Å²) in [5.41, 5.74) is 4.38. The lowest BCUT2D eigenvalue weighted by atomic mass is 10.1. The van der Waals surface area contributed by atoms with Gasteiger partial charge in [0.25, 0.3) is 5.91 Å². The van der Waals surface area contributed by atoms with Crippen LogP contribution in [0, 0.1) is 6.92 Å². The van der Waals surface area contributed by atoms with Gasteiger partial charge < -0.3 is 10.1 Å². The van der Waals surface area contributed by atoms with Crippen molar-refractivity contribution in [2.75, 3.05) is 12.4 Å². The molecule has 0 radical (unpaired) electrons. The molecule has 5 rings (SSSR count). The maximum absolute atomic E-state index is 12.8. The first-order valence-corrected chi connectivity index (χ1v) is 11.9. The molecule has 174 valence electrons. The topological polar surface area (TPSA) is 81.1 Å². The number of nitrogens with one attached hydrogen (secondary N) is 2. The zero-order valence-corrected chi connectivity index (χ0v) is 21.3. The van der Waals surface area contributed by atoms with E-state index in [9.17, 15) is 4.79 Å². The number of ether oxygens (including phenoxy) is 1. The molecule has 0 saturated heterocycles. The lowest BCUT2D eigenvalue weighted by Gasteiger charge is -2.13. The summed E-state index contributed by atoms with van der Waals surface area (Å²) < 4.78 is 6.05. The molecule has 4 aromatic carbocycles. The van der Waals surface area contributed by atoms with Crippen molar-refractivity contribution in [3.05, 3.63) is 88.4 Å². The van der Waals surface area contributed by atoms with Crippen molar-refractivity contribution in [2.45, 2.75) is 6.92 Å². The third-order valence-electron chi connectivity index (χ3n) is 5.59. The Morgan fingerprint density at radius 3 is 2.54 bits per heavy atom. The van der Waals surface area contributed by atoms with Crippen LogP contribution in [0.4, 0.5) is 5.69 Å². The zero-order chi connectivity index (χ0) is 24.5. The predicted octanol–water partition coefficient (Wildman–Crippen LogP) is 5.78. The van der Waals surface area contributed by atoms with Gasteiger partial charge in [-0.2, -0.15) is 0 Å². The number of rotatable bonds is 4. The summed E-state index contributed by atoms with van der Waals surface area (Å²) in [6, 6.07) is 23.2. The molecule has 1 amide bonds. The highest BCUT2D eigenvalue weighted by molar-refractivity contribution is 9.10. The first-order chi connectivity index (χ1) is 16.9. The molecule has 0 saturated carbocycles. The van der Waals surface area contributed by atoms with Crippen LogP contribution in [0.15, 0.2) is 77.3 Å². The minimum atomic E-state index is -0.374. The standard InChI is InChI=1S/C26H20BrN5O2S/c1-15-12-21-22(31-32(30-21)23-9-5-7-16-6-3-4-8-18(16)23)14-20(15)28-26(35)29-25(33)19-13-17(27)10-11-24(19)34-2/h3-14H,1-2H3,(H2,28,29,33,35). The van der Waals surface area contributed by atoms with Crippen molar-refractivity contribution in [3.63, 3.8) is 0 Å². The number of benzene rings is 4. The van der Waals surface area contributed by atoms with Crippen molar-refractivity contribution in [1.29, 1.82) is 0 Å². The number of fused-ring (bicyclic) bond motifs is 2. The molecule has 1 aromatic heterocycles. The third kappa shape index (κ3) is 4.60. The first kappa shape index (κ1) is 22.9. The quantitative estimate of drug-likeness (QED) is 0.278. The molecule has 0 unspecified atom stereocenters. The van der Waals surface area contributed by atoms with Crippen LogP contribution in [0.3, 0.4) is 0 Å². The predicted molar refractivity (Wildman–Crippen MR) is 145 cm³/mol. The summed E-state index contributed by atoms with van der Waals surface area (Å²) in [4.78, 5) is 14.4.